The molecule has 1 aliphatic rings. The highest BCUT2D eigenvalue weighted by Crippen LogP contribution is 2.36. The molecule has 0 amide bonds. The monoisotopic (exact) mass is 587 g/mol. The molecule has 0 saturated carbocycles. The number of nitrogens with zero attached hydrogens (tertiary/aromatic N) is 1. The zero-order valence-corrected chi connectivity index (χ0v) is 31.8. The van der Waals surface area contributed by atoms with Crippen molar-refractivity contribution in [3.05, 3.63) is 0 Å². The zero-order chi connectivity index (χ0) is 34.3. The van der Waals surface area contributed by atoms with Crippen LogP contribution >= 0.6 is 0 Å². The van der Waals surface area contributed by atoms with E-state index in [1.165, 1.54) is 120 Å². The molecule has 1 aliphatic heterocycles. The first-order valence-corrected chi connectivity index (χ1v) is 17.1. The highest BCUT2D eigenvalue weighted by molar-refractivity contribution is 6.78. The Bertz CT molecular complexity index is 2180. The van der Waals surface area contributed by atoms with Crippen molar-refractivity contribution in [3.8, 4) is 5.69 Å². The van der Waals surface area contributed by atoms with Crippen LogP contribution < -0.4 is 81.9 Å². The predicted octanol–water partition coefficient (Wildman–Crippen LogP) is -18.1. The average molecular weight is 585 g/mol. The van der Waals surface area contributed by atoms with Gasteiger partial charge in [-0.05, 0) is 49.3 Å². The van der Waals surface area contributed by atoms with Crippen LogP contribution in [0.5, 0.6) is 0 Å². The van der Waals surface area contributed by atoms with E-state index in [0.29, 0.717) is 0 Å². The molecule has 46 heavy (non-hydrogen) atoms. The molecule has 1 aromatic heterocycles. The molecule has 0 atom stereocenters. The van der Waals surface area contributed by atoms with Gasteiger partial charge in [0, 0.05) is 22.1 Å². The van der Waals surface area contributed by atoms with Crippen molar-refractivity contribution in [1.82, 2.24) is 4.57 Å². The maximum absolute atomic E-state index is 6.66. The van der Waals surface area contributed by atoms with Gasteiger partial charge in [-0.25, -0.2) is 0 Å². The van der Waals surface area contributed by atoms with Crippen LogP contribution in [-0.4, -0.2) is 133 Å². The summed E-state index contributed by atoms with van der Waals surface area (Å²) in [4.78, 5) is 0. The molecule has 4 aromatic carbocycles. The van der Waals surface area contributed by atoms with Gasteiger partial charge >= 0.3 is 7.12 Å². The van der Waals surface area contributed by atoms with Crippen LogP contribution in [0.1, 0.15) is 27.7 Å². The standard InChI is InChI=1S/C28H40B15NO2/c1-27(2)28(3,4)46-43(45-27)23-18(38)21(41)26(22(42)19(23)39)44-24-7(8-12(32)16(36)17(37)20(40)25(8)44)9(29)5-6(13(24)33)11(31)15(35)14(34)10(5)30/h29-42H2,1-4H3. The van der Waals surface area contributed by atoms with Crippen LogP contribution in [0.25, 0.3) is 38.3 Å². The Morgan fingerprint density at radius 2 is 0.739 bits per heavy atom. The van der Waals surface area contributed by atoms with Crippen molar-refractivity contribution in [2.24, 2.45) is 0 Å². The molecule has 2 heterocycles. The Balaban J connectivity index is 1.87. The molecule has 6 rings (SSSR count). The Morgan fingerprint density at radius 3 is 1.20 bits per heavy atom. The summed E-state index contributed by atoms with van der Waals surface area (Å²) in [6.45, 7) is 8.56. The average Bonchev–Trinajstić information content (AvgIpc) is 3.44. The number of hydrogen-bond acceptors (Lipinski definition) is 2. The smallest absolute Gasteiger partial charge is 0.399 e. The minimum absolute atomic E-state index is 0.393. The van der Waals surface area contributed by atoms with Crippen LogP contribution in [0.2, 0.25) is 0 Å². The van der Waals surface area contributed by atoms with Gasteiger partial charge in [0.25, 0.3) is 0 Å². The second kappa shape index (κ2) is 10.7. The van der Waals surface area contributed by atoms with E-state index in [2.05, 4.69) is 142 Å². The fourth-order valence-electron chi connectivity index (χ4n) is 8.63. The molecule has 3 nitrogen and oxygen atoms in total. The predicted molar refractivity (Wildman–Crippen MR) is 248 cm³/mol. The van der Waals surface area contributed by atoms with E-state index in [1.54, 1.807) is 0 Å². The van der Waals surface area contributed by atoms with Gasteiger partial charge in [0.2, 0.25) is 0 Å². The summed E-state index contributed by atoms with van der Waals surface area (Å²) >= 11 is 0. The van der Waals surface area contributed by atoms with Crippen molar-refractivity contribution in [2.45, 2.75) is 38.9 Å². The molecule has 5 aromatic rings. The second-order valence-corrected chi connectivity index (χ2v) is 15.6. The Kier molecular flexibility index (Phi) is 7.82. The van der Waals surface area contributed by atoms with Crippen LogP contribution in [0.15, 0.2) is 0 Å². The maximum Gasteiger partial charge on any atom is 0.493 e. The zero-order valence-electron chi connectivity index (χ0n) is 31.8. The third-order valence-corrected chi connectivity index (χ3v) is 13.1. The topological polar surface area (TPSA) is 23.4 Å². The minimum Gasteiger partial charge on any atom is -0.399 e. The summed E-state index contributed by atoms with van der Waals surface area (Å²) < 4.78 is 16.0. The number of rotatable bonds is 2. The fourth-order valence-corrected chi connectivity index (χ4v) is 8.63. The van der Waals surface area contributed by atoms with E-state index in [4.69, 9.17) is 9.31 Å². The van der Waals surface area contributed by atoms with Gasteiger partial charge in [0.1, 0.15) is 110 Å². The Labute approximate surface area is 288 Å². The molecule has 0 bridgehead atoms. The van der Waals surface area contributed by atoms with Crippen molar-refractivity contribution < 1.29 is 9.31 Å². The lowest BCUT2D eigenvalue weighted by Crippen LogP contribution is -2.62. The lowest BCUT2D eigenvalue weighted by Gasteiger charge is -2.32. The molecule has 18 heteroatoms. The summed E-state index contributed by atoms with van der Waals surface area (Å²) in [5.41, 5.74) is 23.3. The molecular formula is C28H40B15NO2. The van der Waals surface area contributed by atoms with Crippen molar-refractivity contribution >= 4 is 231 Å². The van der Waals surface area contributed by atoms with E-state index in [1.807, 2.05) is 0 Å². The summed E-state index contributed by atoms with van der Waals surface area (Å²) in [7, 11) is 32.0. The fraction of sp³-hybridized carbons (Fsp3) is 0.214. The highest BCUT2D eigenvalue weighted by Gasteiger charge is 2.52. The van der Waals surface area contributed by atoms with E-state index >= 15 is 0 Å². The molecule has 1 fully saturated rings. The molecular weight excluding hydrogens is 544 g/mol. The van der Waals surface area contributed by atoms with Crippen LogP contribution in [-0.2, 0) is 9.31 Å². The van der Waals surface area contributed by atoms with E-state index in [0.717, 1.165) is 0 Å². The third kappa shape index (κ3) is 4.20. The molecule has 1 saturated heterocycles. The summed E-state index contributed by atoms with van der Waals surface area (Å²) in [6.07, 6.45) is 0. The van der Waals surface area contributed by atoms with Gasteiger partial charge < -0.3 is 13.9 Å². The summed E-state index contributed by atoms with van der Waals surface area (Å²) in [5, 5.41) is 5.64. The van der Waals surface area contributed by atoms with Crippen molar-refractivity contribution in [2.75, 3.05) is 0 Å². The molecule has 0 radical (unpaired) electrons. The molecule has 214 valence electrons. The second-order valence-electron chi connectivity index (χ2n) is 15.6. The van der Waals surface area contributed by atoms with Crippen molar-refractivity contribution in [1.29, 1.82) is 0 Å². The molecule has 0 aliphatic carbocycles. The third-order valence-electron chi connectivity index (χ3n) is 13.1. The largest absolute Gasteiger partial charge is 0.493 e. The van der Waals surface area contributed by atoms with Gasteiger partial charge in [-0.15, -0.1) is 16.4 Å². The molecule has 0 N–H and O–H groups in total. The Morgan fingerprint density at radius 1 is 0.391 bits per heavy atom. The Hall–Kier alpha value is -2.17. The van der Waals surface area contributed by atoms with E-state index in [-0.39, 0.29) is 0 Å². The SMILES string of the molecule is Bc1c(B)c(-n2c3c(B)c(B)c(B)c(B)c3c3c(B)c4c(B)c(B)c(B)c(B)c4c(B)c32)c(B)c(B)c1B1OC(C)(C)C(C)(C)O1. The number of fused-ring (bicyclic) bond motifs is 4. The first-order chi connectivity index (χ1) is 21.2. The highest BCUT2D eigenvalue weighted by atomic mass is 16.7. The lowest BCUT2D eigenvalue weighted by molar-refractivity contribution is 0.00578. The minimum atomic E-state index is -0.395. The van der Waals surface area contributed by atoms with Gasteiger partial charge in [0.15, 0.2) is 0 Å². The van der Waals surface area contributed by atoms with Crippen LogP contribution in [0, 0.1) is 0 Å². The van der Waals surface area contributed by atoms with Gasteiger partial charge in [0.05, 0.1) is 11.2 Å². The van der Waals surface area contributed by atoms with E-state index in [9.17, 15) is 0 Å². The van der Waals surface area contributed by atoms with Gasteiger partial charge in [-0.3, -0.25) is 0 Å². The molecule has 0 spiro atoms. The van der Waals surface area contributed by atoms with Gasteiger partial charge in [-0.2, -0.15) is 0 Å². The van der Waals surface area contributed by atoms with E-state index < -0.39 is 18.3 Å². The number of benzene rings is 4. The normalized spacial score (nSPS) is 15.9. The first-order valence-electron chi connectivity index (χ1n) is 17.1. The molecule has 0 unspecified atom stereocenters. The van der Waals surface area contributed by atoms with Crippen LogP contribution in [0.4, 0.5) is 0 Å². The van der Waals surface area contributed by atoms with Crippen molar-refractivity contribution in [3.63, 3.8) is 0 Å². The van der Waals surface area contributed by atoms with Crippen LogP contribution in [0.3, 0.4) is 0 Å². The number of hydrogen-bond donors (Lipinski definition) is 0. The summed E-state index contributed by atoms with van der Waals surface area (Å²) in [6, 6.07) is 0. The summed E-state index contributed by atoms with van der Waals surface area (Å²) in [5.74, 6) is 0. The quantitative estimate of drug-likeness (QED) is 0.193. The number of aromatic nitrogens is 1. The first kappa shape index (κ1) is 33.7. The van der Waals surface area contributed by atoms with Gasteiger partial charge in [-0.1, -0.05) is 60.1 Å². The maximum atomic E-state index is 6.66. The lowest BCUT2D eigenvalue weighted by atomic mass is 9.57.